The predicted octanol–water partition coefficient (Wildman–Crippen LogP) is 0.471. The fourth-order valence-electron chi connectivity index (χ4n) is 3.39. The van der Waals surface area contributed by atoms with Crippen molar-refractivity contribution >= 4 is 38.3 Å². The van der Waals surface area contributed by atoms with Gasteiger partial charge in [0.1, 0.15) is 0 Å². The zero-order chi connectivity index (χ0) is 20.9. The number of rotatable bonds is 6. The predicted molar refractivity (Wildman–Crippen MR) is 108 cm³/mol. The number of amides is 3. The molecule has 0 unspecified atom stereocenters. The summed E-state index contributed by atoms with van der Waals surface area (Å²) in [5, 5.41) is 4.54. The molecule has 0 aliphatic carbocycles. The molecule has 0 spiro atoms. The molecule has 29 heavy (non-hydrogen) atoms. The Morgan fingerprint density at radius 2 is 1.66 bits per heavy atom. The number of nitrogens with one attached hydrogen (secondary N) is 3. The number of sulfone groups is 1. The van der Waals surface area contributed by atoms with Crippen LogP contribution in [-0.4, -0.2) is 44.2 Å². The van der Waals surface area contributed by atoms with Crippen molar-refractivity contribution in [2.24, 2.45) is 5.92 Å². The average molecular weight is 417 g/mol. The Kier molecular flexibility index (Phi) is 6.48. The number of carbonyl (C=O) groups excluding carboxylic acids is 3. The van der Waals surface area contributed by atoms with E-state index in [2.05, 4.69) is 16.2 Å². The molecule has 1 aliphatic rings. The van der Waals surface area contributed by atoms with Crippen LogP contribution >= 0.6 is 0 Å². The number of fused-ring (bicyclic) bond motifs is 1. The van der Waals surface area contributed by atoms with Gasteiger partial charge in [-0.15, -0.1) is 0 Å². The Hall–Kier alpha value is -2.94. The number of hydrogen-bond donors (Lipinski definition) is 3. The fourth-order valence-corrected chi connectivity index (χ4v) is 5.25. The lowest BCUT2D eigenvalue weighted by Gasteiger charge is -2.11. The molecule has 1 saturated heterocycles. The van der Waals surface area contributed by atoms with Crippen LogP contribution in [0.3, 0.4) is 0 Å². The minimum Gasteiger partial charge on any atom is -0.347 e. The van der Waals surface area contributed by atoms with E-state index in [4.69, 9.17) is 0 Å². The molecule has 0 radical (unpaired) electrons. The summed E-state index contributed by atoms with van der Waals surface area (Å²) < 4.78 is 22.8. The third-order valence-electron chi connectivity index (χ3n) is 4.82. The third-order valence-corrected chi connectivity index (χ3v) is 6.66. The van der Waals surface area contributed by atoms with Crippen molar-refractivity contribution in [2.45, 2.75) is 19.3 Å². The molecule has 1 atom stereocenters. The highest BCUT2D eigenvalue weighted by Gasteiger charge is 2.29. The zero-order valence-electron chi connectivity index (χ0n) is 15.8. The SMILES string of the molecule is O=C(Cc1cccc2ccccc12)NCC(=O)NNC(=O)C[C@H]1CCS(=O)(=O)C1. The maximum absolute atomic E-state index is 12.2. The van der Waals surface area contributed by atoms with Gasteiger partial charge in [0.15, 0.2) is 9.84 Å². The van der Waals surface area contributed by atoms with Crippen molar-refractivity contribution in [3.8, 4) is 0 Å². The molecule has 1 aliphatic heterocycles. The summed E-state index contributed by atoms with van der Waals surface area (Å²) in [6.45, 7) is -0.276. The van der Waals surface area contributed by atoms with Crippen LogP contribution < -0.4 is 16.2 Å². The van der Waals surface area contributed by atoms with Crippen LogP contribution in [0, 0.1) is 5.92 Å². The number of carbonyl (C=O) groups is 3. The highest BCUT2D eigenvalue weighted by atomic mass is 32.2. The van der Waals surface area contributed by atoms with Gasteiger partial charge in [0, 0.05) is 6.42 Å². The van der Waals surface area contributed by atoms with Crippen molar-refractivity contribution in [3.63, 3.8) is 0 Å². The summed E-state index contributed by atoms with van der Waals surface area (Å²) in [6.07, 6.45) is 0.623. The molecule has 3 rings (SSSR count). The topological polar surface area (TPSA) is 121 Å². The van der Waals surface area contributed by atoms with E-state index in [9.17, 15) is 22.8 Å². The number of benzene rings is 2. The Morgan fingerprint density at radius 3 is 2.41 bits per heavy atom. The number of hydrogen-bond acceptors (Lipinski definition) is 5. The van der Waals surface area contributed by atoms with Crippen LogP contribution in [0.5, 0.6) is 0 Å². The standard InChI is InChI=1S/C20H23N3O5S/c24-18(11-16-6-3-5-15-4-1-2-7-17(15)16)21-12-20(26)23-22-19(25)10-14-8-9-29(27,28)13-14/h1-7,14H,8-13H2,(H,21,24)(H,22,25)(H,23,26)/t14-/m1/s1. The summed E-state index contributed by atoms with van der Waals surface area (Å²) in [7, 11) is -3.05. The second-order valence-corrected chi connectivity index (χ2v) is 9.39. The molecule has 0 bridgehead atoms. The first-order chi connectivity index (χ1) is 13.8. The Balaban J connectivity index is 1.40. The van der Waals surface area contributed by atoms with E-state index in [1.54, 1.807) is 0 Å². The largest absolute Gasteiger partial charge is 0.347 e. The molecule has 3 amide bonds. The lowest BCUT2D eigenvalue weighted by Crippen LogP contribution is -2.46. The van der Waals surface area contributed by atoms with Gasteiger partial charge in [-0.2, -0.15) is 0 Å². The van der Waals surface area contributed by atoms with Crippen molar-refractivity contribution < 1.29 is 22.8 Å². The molecule has 2 aromatic carbocycles. The van der Waals surface area contributed by atoms with Crippen molar-refractivity contribution in [1.29, 1.82) is 0 Å². The zero-order valence-corrected chi connectivity index (χ0v) is 16.6. The van der Waals surface area contributed by atoms with E-state index in [1.165, 1.54) is 0 Å². The first-order valence-electron chi connectivity index (χ1n) is 9.34. The molecule has 3 N–H and O–H groups in total. The molecule has 0 aromatic heterocycles. The minimum atomic E-state index is -3.05. The highest BCUT2D eigenvalue weighted by Crippen LogP contribution is 2.21. The van der Waals surface area contributed by atoms with E-state index in [0.29, 0.717) is 6.42 Å². The third kappa shape index (κ3) is 6.02. The van der Waals surface area contributed by atoms with Crippen molar-refractivity contribution in [1.82, 2.24) is 16.2 Å². The quantitative estimate of drug-likeness (QED) is 0.590. The summed E-state index contributed by atoms with van der Waals surface area (Å²) in [4.78, 5) is 35.8. The molecular formula is C20H23N3O5S. The highest BCUT2D eigenvalue weighted by molar-refractivity contribution is 7.91. The maximum atomic E-state index is 12.2. The summed E-state index contributed by atoms with van der Waals surface area (Å²) in [5.74, 6) is -1.46. The second-order valence-electron chi connectivity index (χ2n) is 7.16. The number of hydrazine groups is 1. The van der Waals surface area contributed by atoms with Gasteiger partial charge in [0.25, 0.3) is 5.91 Å². The molecule has 9 heteroatoms. The van der Waals surface area contributed by atoms with Crippen LogP contribution in [0.25, 0.3) is 10.8 Å². The molecule has 2 aromatic rings. The van der Waals surface area contributed by atoms with Crippen molar-refractivity contribution in [2.75, 3.05) is 18.1 Å². The first-order valence-corrected chi connectivity index (χ1v) is 11.2. The summed E-state index contributed by atoms with van der Waals surface area (Å²) in [5.41, 5.74) is 5.33. The molecule has 8 nitrogen and oxygen atoms in total. The second kappa shape index (κ2) is 9.04. The Bertz CT molecular complexity index is 1030. The van der Waals surface area contributed by atoms with E-state index in [1.807, 2.05) is 42.5 Å². The molecule has 1 fully saturated rings. The summed E-state index contributed by atoms with van der Waals surface area (Å²) in [6, 6.07) is 13.4. The lowest BCUT2D eigenvalue weighted by atomic mass is 10.0. The van der Waals surface area contributed by atoms with Gasteiger partial charge in [0.05, 0.1) is 24.5 Å². The summed E-state index contributed by atoms with van der Waals surface area (Å²) >= 11 is 0. The smallest absolute Gasteiger partial charge is 0.257 e. The van der Waals surface area contributed by atoms with E-state index >= 15 is 0 Å². The van der Waals surface area contributed by atoms with Crippen LogP contribution in [-0.2, 0) is 30.6 Å². The van der Waals surface area contributed by atoms with Gasteiger partial charge in [-0.3, -0.25) is 25.2 Å². The van der Waals surface area contributed by atoms with E-state index in [-0.39, 0.29) is 42.7 Å². The van der Waals surface area contributed by atoms with E-state index in [0.717, 1.165) is 16.3 Å². The van der Waals surface area contributed by atoms with Crippen LogP contribution in [0.4, 0.5) is 0 Å². The monoisotopic (exact) mass is 417 g/mol. The molecular weight excluding hydrogens is 394 g/mol. The van der Waals surface area contributed by atoms with Gasteiger partial charge in [-0.25, -0.2) is 8.42 Å². The van der Waals surface area contributed by atoms with Gasteiger partial charge in [0.2, 0.25) is 11.8 Å². The first kappa shape index (κ1) is 20.8. The van der Waals surface area contributed by atoms with Crippen LogP contribution in [0.1, 0.15) is 18.4 Å². The Labute approximate surface area is 168 Å². The van der Waals surface area contributed by atoms with Crippen LogP contribution in [0.15, 0.2) is 42.5 Å². The minimum absolute atomic E-state index is 0.00140. The maximum Gasteiger partial charge on any atom is 0.257 e. The Morgan fingerprint density at radius 1 is 0.931 bits per heavy atom. The average Bonchev–Trinajstić information content (AvgIpc) is 3.03. The molecule has 1 heterocycles. The molecule has 154 valence electrons. The van der Waals surface area contributed by atoms with E-state index < -0.39 is 21.7 Å². The fraction of sp³-hybridized carbons (Fsp3) is 0.350. The van der Waals surface area contributed by atoms with Gasteiger partial charge in [-0.1, -0.05) is 42.5 Å². The van der Waals surface area contributed by atoms with Crippen LogP contribution in [0.2, 0.25) is 0 Å². The molecule has 0 saturated carbocycles. The normalized spacial score (nSPS) is 17.6. The van der Waals surface area contributed by atoms with Gasteiger partial charge in [-0.05, 0) is 28.7 Å². The van der Waals surface area contributed by atoms with Gasteiger partial charge < -0.3 is 5.32 Å². The van der Waals surface area contributed by atoms with Crippen molar-refractivity contribution in [3.05, 3.63) is 48.0 Å². The lowest BCUT2D eigenvalue weighted by molar-refractivity contribution is -0.130. The van der Waals surface area contributed by atoms with Gasteiger partial charge >= 0.3 is 0 Å².